The fourth-order valence-corrected chi connectivity index (χ4v) is 20.8. The third kappa shape index (κ3) is 7.14. The van der Waals surface area contributed by atoms with Crippen LogP contribution in [0.2, 0.25) is 0 Å². The van der Waals surface area contributed by atoms with Crippen LogP contribution in [-0.4, -0.2) is 23.5 Å². The molecule has 388 valence electrons. The first-order chi connectivity index (χ1) is 32.8. The van der Waals surface area contributed by atoms with Crippen LogP contribution in [0.1, 0.15) is 207 Å². The molecule has 0 spiro atoms. The minimum Gasteiger partial charge on any atom is -0.392 e. The lowest BCUT2D eigenvalue weighted by molar-refractivity contribution is -0.223. The van der Waals surface area contributed by atoms with Crippen LogP contribution in [0.4, 0.5) is 0 Å². The fraction of sp³-hybridized carbons (Fsp3) is 0.781. The number of allylic oxidation sites excluding steroid dienone is 6. The largest absolute Gasteiger partial charge is 0.392 e. The normalized spacial score (nSPS) is 45.3. The van der Waals surface area contributed by atoms with E-state index in [1.165, 1.54) is 0 Å². The molecule has 0 aromatic carbocycles. The molecular formula is C64H92N2O5. The summed E-state index contributed by atoms with van der Waals surface area (Å²) >= 11 is 0. The van der Waals surface area contributed by atoms with E-state index < -0.39 is 21.7 Å². The number of ether oxygens (including phenoxy) is 1. The highest BCUT2D eigenvalue weighted by Crippen LogP contribution is 2.77. The van der Waals surface area contributed by atoms with Crippen LogP contribution in [0.25, 0.3) is 0 Å². The van der Waals surface area contributed by atoms with Gasteiger partial charge in [0.05, 0.1) is 22.0 Å². The van der Waals surface area contributed by atoms with E-state index in [-0.39, 0.29) is 109 Å². The molecule has 6 fully saturated rings. The Morgan fingerprint density at radius 3 is 1.79 bits per heavy atom. The molecule has 1 unspecified atom stereocenters. The van der Waals surface area contributed by atoms with Crippen molar-refractivity contribution in [3.05, 3.63) is 47.6 Å². The third-order valence-electron chi connectivity index (χ3n) is 25.3. The second kappa shape index (κ2) is 17.2. The van der Waals surface area contributed by atoms with Crippen LogP contribution in [0.3, 0.4) is 0 Å². The first kappa shape index (κ1) is 53.7. The van der Waals surface area contributed by atoms with E-state index in [2.05, 4.69) is 141 Å². The predicted octanol–water partition coefficient (Wildman–Crippen LogP) is 15.3. The predicted molar refractivity (Wildman–Crippen MR) is 282 cm³/mol. The molecule has 7 heteroatoms. The molecule has 0 aromatic rings. The van der Waals surface area contributed by atoms with E-state index in [9.17, 15) is 20.1 Å². The molecule has 8 aliphatic carbocycles. The molecular weight excluding hydrogens is 877 g/mol. The molecule has 0 N–H and O–H groups in total. The van der Waals surface area contributed by atoms with Crippen LogP contribution in [0, 0.1) is 130 Å². The molecule has 6 saturated carbocycles. The van der Waals surface area contributed by atoms with Crippen LogP contribution in [-0.2, 0) is 23.9 Å². The number of carbonyl (C=O) groups is 4. The van der Waals surface area contributed by atoms with Gasteiger partial charge in [-0.1, -0.05) is 133 Å². The summed E-state index contributed by atoms with van der Waals surface area (Å²) in [6, 6.07) is 4.61. The van der Waals surface area contributed by atoms with Gasteiger partial charge in [0, 0.05) is 10.8 Å². The molecule has 8 aliphatic rings. The highest BCUT2D eigenvalue weighted by molar-refractivity contribution is 6.04. The van der Waals surface area contributed by atoms with Crippen LogP contribution >= 0.6 is 0 Å². The molecule has 0 bridgehead atoms. The number of rotatable bonds is 10. The molecule has 0 saturated heterocycles. The van der Waals surface area contributed by atoms with Crippen molar-refractivity contribution in [1.29, 1.82) is 10.5 Å². The lowest BCUT2D eigenvalue weighted by Crippen LogP contribution is -2.66. The molecule has 0 aromatic heterocycles. The first-order valence-corrected chi connectivity index (χ1v) is 28.3. The van der Waals surface area contributed by atoms with Gasteiger partial charge in [0.2, 0.25) is 0 Å². The van der Waals surface area contributed by atoms with Crippen LogP contribution in [0.5, 0.6) is 0 Å². The fourth-order valence-electron chi connectivity index (χ4n) is 20.8. The quantitative estimate of drug-likeness (QED) is 0.121. The Kier molecular flexibility index (Phi) is 13.0. The Morgan fingerprint density at radius 2 is 1.24 bits per heavy atom. The maximum absolute atomic E-state index is 15.7. The number of hydrogen-bond donors (Lipinski definition) is 0. The summed E-state index contributed by atoms with van der Waals surface area (Å²) in [6.07, 6.45) is 17.8. The number of carbonyl (C=O) groups excluding carboxylic acids is 4. The molecule has 7 nitrogen and oxygen atoms in total. The van der Waals surface area contributed by atoms with Gasteiger partial charge in [0.15, 0.2) is 11.6 Å². The smallest absolute Gasteiger partial charge is 0.320 e. The average Bonchev–Trinajstić information content (AvgIpc) is 3.86. The van der Waals surface area contributed by atoms with Gasteiger partial charge < -0.3 is 4.74 Å². The zero-order valence-electron chi connectivity index (χ0n) is 47.0. The van der Waals surface area contributed by atoms with Crippen molar-refractivity contribution in [3.8, 4) is 12.1 Å². The summed E-state index contributed by atoms with van der Waals surface area (Å²) in [5.41, 5.74) is -1.29. The van der Waals surface area contributed by atoms with Crippen LogP contribution < -0.4 is 0 Å². The summed E-state index contributed by atoms with van der Waals surface area (Å²) in [5, 5.41) is 20.5. The molecule has 8 rings (SSSR count). The van der Waals surface area contributed by atoms with Crippen molar-refractivity contribution >= 4 is 23.5 Å². The van der Waals surface area contributed by atoms with Gasteiger partial charge in [-0.2, -0.15) is 10.5 Å². The standard InChI is InChI=1S/C64H92N2O5/c1-18-19-48-58(13)34-41(36-65)51(67)56(9,10)46(58)24-26-61(48,16)55(7,8)30-32-63(28-22-43(38(2)3)40(63)6)53(69)71-54(70)64-29-23-44(39(4)5)50(64)45-20-21-49-59(14)35-42(37-66)52(68)57(11,12)47(59)25-27-62(49,17)60(45,15)31-33-64/h34-35,40,43-50H,2,4,18-33H2,1,3,5-17H3/t40-,43-,44-,45?,46-,47-,48+,49+,50+,58-,59-,60+,61+,62+,63-,64-/m0/s1. The van der Waals surface area contributed by atoms with E-state index in [0.29, 0.717) is 36.8 Å². The lowest BCUT2D eigenvalue weighted by Gasteiger charge is -2.71. The number of Topliss-reactive ketones (excluding diaryl/α,β-unsaturated/α-hetero) is 2. The average molecular weight is 969 g/mol. The van der Waals surface area contributed by atoms with Gasteiger partial charge >= 0.3 is 11.9 Å². The number of fused-ring (bicyclic) bond motifs is 8. The second-order valence-corrected chi connectivity index (χ2v) is 28.9. The topological polar surface area (TPSA) is 125 Å². The summed E-state index contributed by atoms with van der Waals surface area (Å²) in [5.74, 6) is 0.575. The maximum atomic E-state index is 15.7. The van der Waals surface area contributed by atoms with E-state index in [1.807, 2.05) is 0 Å². The van der Waals surface area contributed by atoms with Gasteiger partial charge in [-0.3, -0.25) is 19.2 Å². The van der Waals surface area contributed by atoms with Crippen molar-refractivity contribution in [2.24, 2.45) is 107 Å². The van der Waals surface area contributed by atoms with Gasteiger partial charge in [0.1, 0.15) is 12.1 Å². The molecule has 71 heavy (non-hydrogen) atoms. The zero-order valence-corrected chi connectivity index (χ0v) is 47.0. The summed E-state index contributed by atoms with van der Waals surface area (Å²) in [4.78, 5) is 58.6. The van der Waals surface area contributed by atoms with Crippen molar-refractivity contribution in [2.75, 3.05) is 0 Å². The highest BCUT2D eigenvalue weighted by atomic mass is 16.6. The molecule has 0 amide bonds. The minimum atomic E-state index is -0.854. The molecule has 0 aliphatic heterocycles. The van der Waals surface area contributed by atoms with E-state index >= 15 is 9.59 Å². The summed E-state index contributed by atoms with van der Waals surface area (Å²) in [6.45, 7) is 42.8. The van der Waals surface area contributed by atoms with E-state index in [0.717, 1.165) is 88.2 Å². The number of esters is 2. The Balaban J connectivity index is 1.10. The highest BCUT2D eigenvalue weighted by Gasteiger charge is 2.73. The van der Waals surface area contributed by atoms with Gasteiger partial charge in [-0.25, -0.2) is 0 Å². The van der Waals surface area contributed by atoms with Gasteiger partial charge in [-0.15, -0.1) is 0 Å². The zero-order chi connectivity index (χ0) is 52.7. The molecule has 16 atom stereocenters. The second-order valence-electron chi connectivity index (χ2n) is 28.9. The van der Waals surface area contributed by atoms with Crippen molar-refractivity contribution in [3.63, 3.8) is 0 Å². The minimum absolute atomic E-state index is 0.0126. The van der Waals surface area contributed by atoms with Crippen molar-refractivity contribution in [2.45, 2.75) is 207 Å². The van der Waals surface area contributed by atoms with Crippen molar-refractivity contribution < 1.29 is 23.9 Å². The summed E-state index contributed by atoms with van der Waals surface area (Å²) < 4.78 is 6.66. The molecule has 0 heterocycles. The molecule has 0 radical (unpaired) electrons. The van der Waals surface area contributed by atoms with Gasteiger partial charge in [-0.05, 0) is 196 Å². The number of nitriles is 2. The van der Waals surface area contributed by atoms with Crippen LogP contribution in [0.15, 0.2) is 47.6 Å². The van der Waals surface area contributed by atoms with Crippen molar-refractivity contribution in [1.82, 2.24) is 0 Å². The Morgan fingerprint density at radius 1 is 0.690 bits per heavy atom. The Hall–Kier alpha value is -3.58. The number of ketones is 2. The lowest BCUT2D eigenvalue weighted by atomic mass is 9.32. The van der Waals surface area contributed by atoms with Gasteiger partial charge in [0.25, 0.3) is 0 Å². The van der Waals surface area contributed by atoms with E-state index in [1.54, 1.807) is 0 Å². The number of nitrogens with zero attached hydrogens (tertiary/aromatic N) is 2. The number of hydrogen-bond acceptors (Lipinski definition) is 7. The third-order valence-corrected chi connectivity index (χ3v) is 25.3. The van der Waals surface area contributed by atoms with E-state index in [4.69, 9.17) is 4.74 Å². The Labute approximate surface area is 429 Å². The SMILES string of the molecule is C=C(C)[C@@H]1CC[C@@](CCC(C)(C)[C@]2(C)CC[C@H]3C(C)(C)C(=O)C(C#N)=C[C@]3(C)[C@H]2CCC)(C(=O)OC(=O)[C@]23CC[C@@H](C(=C)C)[C@@H]2C2CC[C@@H]4[C@@]5(C)C=C(C#N)C(=O)C(C)(C)[C@@H]5CC[C@@]4(C)[C@]2(C)CC3)[C@H]1C. The summed E-state index contributed by atoms with van der Waals surface area (Å²) in [7, 11) is 0. The monoisotopic (exact) mass is 969 g/mol. The Bertz CT molecular complexity index is 2460. The maximum Gasteiger partial charge on any atom is 0.320 e. The first-order valence-electron chi connectivity index (χ1n) is 28.3.